The van der Waals surface area contributed by atoms with Crippen molar-refractivity contribution in [2.45, 2.75) is 29.9 Å². The Hall–Kier alpha value is -0.890. The molecule has 1 aliphatic heterocycles. The maximum Gasteiger partial charge on any atom is 0.105 e. The van der Waals surface area contributed by atoms with Crippen molar-refractivity contribution in [3.63, 3.8) is 0 Å². The van der Waals surface area contributed by atoms with Crippen molar-refractivity contribution in [2.24, 2.45) is 0 Å². The van der Waals surface area contributed by atoms with Crippen LogP contribution in [0.4, 0.5) is 0 Å². The lowest BCUT2D eigenvalue weighted by Gasteiger charge is -2.20. The van der Waals surface area contributed by atoms with E-state index in [4.69, 9.17) is 4.74 Å². The predicted octanol–water partition coefficient (Wildman–Crippen LogP) is 3.86. The van der Waals surface area contributed by atoms with E-state index in [1.165, 1.54) is 4.90 Å². The Kier molecular flexibility index (Phi) is 3.73. The van der Waals surface area contributed by atoms with Crippen LogP contribution in [0.1, 0.15) is 19.8 Å². The van der Waals surface area contributed by atoms with Gasteiger partial charge < -0.3 is 4.74 Å². The third-order valence-corrected chi connectivity index (χ3v) is 3.55. The second-order valence-corrected chi connectivity index (χ2v) is 5.08. The molecule has 0 aromatic heterocycles. The molecule has 1 atom stereocenters. The van der Waals surface area contributed by atoms with Crippen LogP contribution in [-0.4, -0.2) is 11.9 Å². The quantitative estimate of drug-likeness (QED) is 0.715. The van der Waals surface area contributed by atoms with E-state index in [1.54, 1.807) is 0 Å². The van der Waals surface area contributed by atoms with Gasteiger partial charge in [0.25, 0.3) is 0 Å². The van der Waals surface area contributed by atoms with Crippen LogP contribution in [0.5, 0.6) is 0 Å². The predicted molar refractivity (Wildman–Crippen MR) is 65.0 cm³/mol. The molecule has 1 aromatic carbocycles. The summed E-state index contributed by atoms with van der Waals surface area (Å²) in [7, 11) is 0. The number of benzene rings is 1. The van der Waals surface area contributed by atoms with E-state index >= 15 is 0 Å². The second-order valence-electron chi connectivity index (χ2n) is 3.67. The number of thioether (sulfide) groups is 1. The first-order chi connectivity index (χ1) is 7.36. The van der Waals surface area contributed by atoms with Crippen LogP contribution in [0.2, 0.25) is 0 Å². The Morgan fingerprint density at radius 2 is 2.07 bits per heavy atom. The molecule has 0 radical (unpaired) electrons. The minimum Gasteiger partial charge on any atom is -0.497 e. The van der Waals surface area contributed by atoms with E-state index in [2.05, 4.69) is 37.3 Å². The maximum absolute atomic E-state index is 5.65. The van der Waals surface area contributed by atoms with E-state index in [9.17, 15) is 0 Å². The molecule has 2 heteroatoms. The Morgan fingerprint density at radius 3 is 2.73 bits per heavy atom. The molecule has 0 saturated carbocycles. The van der Waals surface area contributed by atoms with Gasteiger partial charge in [0.2, 0.25) is 0 Å². The Labute approximate surface area is 95.5 Å². The number of rotatable bonds is 3. The fraction of sp³-hybridized carbons (Fsp3) is 0.385. The first-order valence-electron chi connectivity index (χ1n) is 5.41. The van der Waals surface area contributed by atoms with Gasteiger partial charge in [0.1, 0.15) is 5.76 Å². The van der Waals surface area contributed by atoms with Crippen molar-refractivity contribution in [3.05, 3.63) is 42.2 Å². The SMILES string of the molecule is C[C@@H](Sc1ccccc1)C1=CCCCO1. The number of ether oxygens (including phenoxy) is 1. The first-order valence-corrected chi connectivity index (χ1v) is 6.29. The summed E-state index contributed by atoms with van der Waals surface area (Å²) in [6.45, 7) is 3.08. The number of hydrogen-bond donors (Lipinski definition) is 0. The van der Waals surface area contributed by atoms with Gasteiger partial charge in [0, 0.05) is 4.90 Å². The van der Waals surface area contributed by atoms with Gasteiger partial charge in [-0.05, 0) is 38.0 Å². The Bertz CT molecular complexity index is 332. The van der Waals surface area contributed by atoms with Crippen molar-refractivity contribution in [1.29, 1.82) is 0 Å². The molecule has 1 nitrogen and oxygen atoms in total. The third kappa shape index (κ3) is 3.03. The van der Waals surface area contributed by atoms with Crippen LogP contribution in [-0.2, 0) is 4.74 Å². The Balaban J connectivity index is 1.97. The van der Waals surface area contributed by atoms with Crippen molar-refractivity contribution in [3.8, 4) is 0 Å². The summed E-state index contributed by atoms with van der Waals surface area (Å²) in [6, 6.07) is 10.5. The molecule has 0 fully saturated rings. The van der Waals surface area contributed by atoms with E-state index in [1.807, 2.05) is 17.8 Å². The van der Waals surface area contributed by atoms with Gasteiger partial charge in [-0.1, -0.05) is 18.2 Å². The molecule has 80 valence electrons. The molecule has 1 aliphatic rings. The molecule has 0 saturated heterocycles. The topological polar surface area (TPSA) is 9.23 Å². The van der Waals surface area contributed by atoms with Gasteiger partial charge in [-0.2, -0.15) is 0 Å². The van der Waals surface area contributed by atoms with E-state index < -0.39 is 0 Å². The standard InChI is InChI=1S/C13H16OS/c1-11(13-9-5-6-10-14-13)15-12-7-3-2-4-8-12/h2-4,7-9,11H,5-6,10H2,1H3/t11-/m1/s1. The maximum atomic E-state index is 5.65. The summed E-state index contributed by atoms with van der Waals surface area (Å²) in [5.41, 5.74) is 0. The molecule has 0 bridgehead atoms. The highest BCUT2D eigenvalue weighted by molar-refractivity contribution is 8.00. The zero-order chi connectivity index (χ0) is 10.5. The van der Waals surface area contributed by atoms with E-state index in [-0.39, 0.29) is 0 Å². The summed E-state index contributed by atoms with van der Waals surface area (Å²) in [5, 5.41) is 0.424. The number of allylic oxidation sites excluding steroid dienone is 1. The van der Waals surface area contributed by atoms with Gasteiger partial charge in [-0.25, -0.2) is 0 Å². The largest absolute Gasteiger partial charge is 0.497 e. The molecule has 0 unspecified atom stereocenters. The van der Waals surface area contributed by atoms with Gasteiger partial charge in [0.05, 0.1) is 11.9 Å². The normalized spacial score (nSPS) is 17.8. The summed E-state index contributed by atoms with van der Waals surface area (Å²) < 4.78 is 5.65. The van der Waals surface area contributed by atoms with Crippen LogP contribution >= 0.6 is 11.8 Å². The Morgan fingerprint density at radius 1 is 1.27 bits per heavy atom. The van der Waals surface area contributed by atoms with Crippen molar-refractivity contribution in [2.75, 3.05) is 6.61 Å². The molecule has 0 aliphatic carbocycles. The molecule has 15 heavy (non-hydrogen) atoms. The molecule has 2 rings (SSSR count). The van der Waals surface area contributed by atoms with Crippen molar-refractivity contribution >= 4 is 11.8 Å². The molecule has 0 amide bonds. The second kappa shape index (κ2) is 5.26. The van der Waals surface area contributed by atoms with Gasteiger partial charge in [-0.15, -0.1) is 11.8 Å². The average molecular weight is 220 g/mol. The molecular weight excluding hydrogens is 204 g/mol. The lowest BCUT2D eigenvalue weighted by molar-refractivity contribution is 0.188. The highest BCUT2D eigenvalue weighted by atomic mass is 32.2. The summed E-state index contributed by atoms with van der Waals surface area (Å²) in [5.74, 6) is 1.15. The fourth-order valence-corrected chi connectivity index (χ4v) is 2.62. The highest BCUT2D eigenvalue weighted by Gasteiger charge is 2.13. The third-order valence-electron chi connectivity index (χ3n) is 2.42. The fourth-order valence-electron chi connectivity index (χ4n) is 1.62. The molecular formula is C13H16OS. The molecule has 1 aromatic rings. The minimum atomic E-state index is 0.424. The summed E-state index contributed by atoms with van der Waals surface area (Å²) in [4.78, 5) is 1.31. The zero-order valence-corrected chi connectivity index (χ0v) is 9.80. The van der Waals surface area contributed by atoms with Crippen LogP contribution in [0, 0.1) is 0 Å². The van der Waals surface area contributed by atoms with E-state index in [0.29, 0.717) is 5.25 Å². The van der Waals surface area contributed by atoms with Gasteiger partial charge >= 0.3 is 0 Å². The van der Waals surface area contributed by atoms with Crippen LogP contribution in [0.25, 0.3) is 0 Å². The van der Waals surface area contributed by atoms with Crippen LogP contribution in [0.15, 0.2) is 47.1 Å². The summed E-state index contributed by atoms with van der Waals surface area (Å²) in [6.07, 6.45) is 4.55. The smallest absolute Gasteiger partial charge is 0.105 e. The average Bonchev–Trinajstić information content (AvgIpc) is 2.31. The minimum absolute atomic E-state index is 0.424. The summed E-state index contributed by atoms with van der Waals surface area (Å²) >= 11 is 1.86. The lowest BCUT2D eigenvalue weighted by Crippen LogP contribution is -2.10. The van der Waals surface area contributed by atoms with E-state index in [0.717, 1.165) is 25.2 Å². The zero-order valence-electron chi connectivity index (χ0n) is 8.98. The lowest BCUT2D eigenvalue weighted by atomic mass is 10.2. The molecule has 0 N–H and O–H groups in total. The molecule has 1 heterocycles. The number of hydrogen-bond acceptors (Lipinski definition) is 2. The van der Waals surface area contributed by atoms with Crippen LogP contribution < -0.4 is 0 Å². The highest BCUT2D eigenvalue weighted by Crippen LogP contribution is 2.29. The monoisotopic (exact) mass is 220 g/mol. The molecule has 0 spiro atoms. The first kappa shape index (κ1) is 10.6. The van der Waals surface area contributed by atoms with Crippen LogP contribution in [0.3, 0.4) is 0 Å². The van der Waals surface area contributed by atoms with Gasteiger partial charge in [0.15, 0.2) is 0 Å². The van der Waals surface area contributed by atoms with Gasteiger partial charge in [-0.3, -0.25) is 0 Å². The van der Waals surface area contributed by atoms with Crippen molar-refractivity contribution in [1.82, 2.24) is 0 Å². The van der Waals surface area contributed by atoms with Crippen molar-refractivity contribution < 1.29 is 4.74 Å².